The largest absolute Gasteiger partial charge is 0.484 e. The standard InChI is InChI=1S/C22H25N5O3/c1-14(13-16-9-6-5-7-10-16)25-19(23-3)21(28)26-18-15(2)30-17-11-8-12-24-20(17)27(4)22(18)29/h5-12,14-15,18H,3,13H2,1-2,4H3,(H,26,28)/b25-19-/t14?,15-,18+/m1/s1. The molecule has 0 radical (unpaired) electrons. The van der Waals surface area contributed by atoms with Crippen LogP contribution in [0.4, 0.5) is 5.82 Å². The molecule has 30 heavy (non-hydrogen) atoms. The van der Waals surface area contributed by atoms with Gasteiger partial charge in [0.15, 0.2) is 11.6 Å². The van der Waals surface area contributed by atoms with Crippen LogP contribution in [0, 0.1) is 0 Å². The lowest BCUT2D eigenvalue weighted by molar-refractivity contribution is -0.126. The maximum Gasteiger partial charge on any atom is 0.289 e. The molecule has 2 heterocycles. The van der Waals surface area contributed by atoms with E-state index in [-0.39, 0.29) is 17.8 Å². The first kappa shape index (κ1) is 21.2. The highest BCUT2D eigenvalue weighted by molar-refractivity contribution is 6.39. The number of aliphatic imine (C=N–C) groups is 2. The number of amides is 2. The molecule has 0 bridgehead atoms. The molecule has 3 atom stereocenters. The lowest BCUT2D eigenvalue weighted by atomic mass is 10.1. The number of hydrogen-bond acceptors (Lipinski definition) is 5. The number of carbonyl (C=O) groups is 2. The van der Waals surface area contributed by atoms with Gasteiger partial charge in [-0.2, -0.15) is 0 Å². The smallest absolute Gasteiger partial charge is 0.289 e. The van der Waals surface area contributed by atoms with E-state index in [1.165, 1.54) is 4.90 Å². The van der Waals surface area contributed by atoms with Crippen LogP contribution < -0.4 is 15.0 Å². The Bertz CT molecular complexity index is 960. The van der Waals surface area contributed by atoms with E-state index in [0.29, 0.717) is 18.0 Å². The Morgan fingerprint density at radius 2 is 2.03 bits per heavy atom. The second kappa shape index (κ2) is 9.30. The number of amidine groups is 1. The molecule has 8 nitrogen and oxygen atoms in total. The number of benzene rings is 1. The molecule has 1 unspecified atom stereocenters. The van der Waals surface area contributed by atoms with Gasteiger partial charge < -0.3 is 10.1 Å². The summed E-state index contributed by atoms with van der Waals surface area (Å²) in [6, 6.07) is 12.2. The molecule has 0 saturated heterocycles. The summed E-state index contributed by atoms with van der Waals surface area (Å²) in [6.07, 6.45) is 1.62. The number of hydrogen-bond donors (Lipinski definition) is 1. The van der Waals surface area contributed by atoms with Crippen molar-refractivity contribution in [3.05, 3.63) is 54.2 Å². The van der Waals surface area contributed by atoms with E-state index in [1.54, 1.807) is 32.3 Å². The van der Waals surface area contributed by atoms with E-state index in [4.69, 9.17) is 4.74 Å². The molecule has 0 saturated carbocycles. The van der Waals surface area contributed by atoms with Gasteiger partial charge in [0.2, 0.25) is 5.84 Å². The van der Waals surface area contributed by atoms with Crippen LogP contribution >= 0.6 is 0 Å². The highest BCUT2D eigenvalue weighted by Gasteiger charge is 2.37. The molecule has 1 aliphatic rings. The van der Waals surface area contributed by atoms with Gasteiger partial charge in [-0.25, -0.2) is 9.98 Å². The Morgan fingerprint density at radius 1 is 1.30 bits per heavy atom. The summed E-state index contributed by atoms with van der Waals surface area (Å²) in [4.78, 5) is 39.5. The van der Waals surface area contributed by atoms with Gasteiger partial charge in [0, 0.05) is 13.2 Å². The molecule has 2 aromatic rings. The van der Waals surface area contributed by atoms with Gasteiger partial charge in [-0.05, 0) is 44.7 Å². The summed E-state index contributed by atoms with van der Waals surface area (Å²) < 4.78 is 5.86. The number of rotatable bonds is 4. The fourth-order valence-corrected chi connectivity index (χ4v) is 3.27. The first-order chi connectivity index (χ1) is 14.4. The third-order valence-electron chi connectivity index (χ3n) is 4.80. The number of ether oxygens (including phenoxy) is 1. The molecule has 0 spiro atoms. The number of carbonyl (C=O) groups excluding carboxylic acids is 2. The second-order valence-corrected chi connectivity index (χ2v) is 7.15. The van der Waals surface area contributed by atoms with Crippen molar-refractivity contribution in [1.29, 1.82) is 0 Å². The predicted molar refractivity (Wildman–Crippen MR) is 116 cm³/mol. The Kier molecular flexibility index (Phi) is 6.56. The zero-order valence-corrected chi connectivity index (χ0v) is 17.3. The van der Waals surface area contributed by atoms with Crippen molar-refractivity contribution in [2.24, 2.45) is 9.98 Å². The van der Waals surface area contributed by atoms with Crippen molar-refractivity contribution < 1.29 is 14.3 Å². The molecular formula is C22H25N5O3. The van der Waals surface area contributed by atoms with E-state index in [9.17, 15) is 9.59 Å². The molecule has 1 aromatic heterocycles. The molecule has 1 aromatic carbocycles. The summed E-state index contributed by atoms with van der Waals surface area (Å²) in [5.74, 6) is -0.107. The lowest BCUT2D eigenvalue weighted by Gasteiger charge is -2.23. The molecule has 0 aliphatic carbocycles. The fraction of sp³-hybridized carbons (Fsp3) is 0.318. The van der Waals surface area contributed by atoms with Crippen molar-refractivity contribution in [2.75, 3.05) is 11.9 Å². The summed E-state index contributed by atoms with van der Waals surface area (Å²) in [7, 11) is 1.59. The molecule has 156 valence electrons. The zero-order valence-electron chi connectivity index (χ0n) is 17.3. The van der Waals surface area contributed by atoms with Crippen LogP contribution in [-0.2, 0) is 16.0 Å². The van der Waals surface area contributed by atoms with E-state index < -0.39 is 18.1 Å². The van der Waals surface area contributed by atoms with Crippen molar-refractivity contribution in [3.8, 4) is 5.75 Å². The lowest BCUT2D eigenvalue weighted by Crippen LogP contribution is -2.54. The van der Waals surface area contributed by atoms with Gasteiger partial charge in [0.1, 0.15) is 12.1 Å². The zero-order chi connectivity index (χ0) is 21.7. The minimum absolute atomic E-state index is 0.0685. The number of pyridine rings is 1. The van der Waals surface area contributed by atoms with Crippen LogP contribution in [0.5, 0.6) is 5.75 Å². The highest BCUT2D eigenvalue weighted by Crippen LogP contribution is 2.29. The number of likely N-dealkylation sites (N-methyl/N-ethyl adjacent to an activating group) is 1. The predicted octanol–water partition coefficient (Wildman–Crippen LogP) is 2.04. The highest BCUT2D eigenvalue weighted by atomic mass is 16.5. The quantitative estimate of drug-likeness (QED) is 0.620. The number of anilines is 1. The number of nitrogens with one attached hydrogen (secondary N) is 1. The van der Waals surface area contributed by atoms with Crippen LogP contribution in [0.1, 0.15) is 19.4 Å². The molecule has 1 aliphatic heterocycles. The Balaban J connectivity index is 1.74. The summed E-state index contributed by atoms with van der Waals surface area (Å²) >= 11 is 0. The number of fused-ring (bicyclic) bond motifs is 1. The van der Waals surface area contributed by atoms with Gasteiger partial charge >= 0.3 is 0 Å². The van der Waals surface area contributed by atoms with Crippen molar-refractivity contribution >= 4 is 30.2 Å². The fourth-order valence-electron chi connectivity index (χ4n) is 3.27. The summed E-state index contributed by atoms with van der Waals surface area (Å²) in [5.41, 5.74) is 1.10. The monoisotopic (exact) mass is 407 g/mol. The van der Waals surface area contributed by atoms with Crippen LogP contribution in [0.2, 0.25) is 0 Å². The second-order valence-electron chi connectivity index (χ2n) is 7.15. The maximum atomic E-state index is 12.9. The Hall–Kier alpha value is -3.55. The third-order valence-corrected chi connectivity index (χ3v) is 4.80. The SMILES string of the molecule is C=N/C(=N\C(C)Cc1ccccc1)C(=O)N[C@@H]1C(=O)N(C)c2ncccc2O[C@@H]1C. The minimum Gasteiger partial charge on any atom is -0.484 e. The Labute approximate surface area is 175 Å². The van der Waals surface area contributed by atoms with Gasteiger partial charge in [0.25, 0.3) is 11.8 Å². The molecule has 0 fully saturated rings. The first-order valence-electron chi connectivity index (χ1n) is 9.69. The van der Waals surface area contributed by atoms with Crippen LogP contribution in [0.25, 0.3) is 0 Å². The normalized spacial score (nSPS) is 19.9. The molecule has 8 heteroatoms. The van der Waals surface area contributed by atoms with Gasteiger partial charge in [0.05, 0.1) is 6.04 Å². The maximum absolute atomic E-state index is 12.9. The first-order valence-corrected chi connectivity index (χ1v) is 9.69. The minimum atomic E-state index is -0.923. The van der Waals surface area contributed by atoms with Crippen molar-refractivity contribution in [3.63, 3.8) is 0 Å². The van der Waals surface area contributed by atoms with Gasteiger partial charge in [-0.15, -0.1) is 0 Å². The third kappa shape index (κ3) is 4.71. The summed E-state index contributed by atoms with van der Waals surface area (Å²) in [6.45, 7) is 7.07. The Morgan fingerprint density at radius 3 is 2.73 bits per heavy atom. The van der Waals surface area contributed by atoms with Crippen molar-refractivity contribution in [2.45, 2.75) is 38.5 Å². The summed E-state index contributed by atoms with van der Waals surface area (Å²) in [5, 5.41) is 2.70. The topological polar surface area (TPSA) is 96.2 Å². The molecule has 1 N–H and O–H groups in total. The average molecular weight is 407 g/mol. The van der Waals surface area contributed by atoms with Gasteiger partial charge in [-0.1, -0.05) is 30.3 Å². The van der Waals surface area contributed by atoms with E-state index in [0.717, 1.165) is 5.56 Å². The van der Waals surface area contributed by atoms with E-state index >= 15 is 0 Å². The average Bonchev–Trinajstić information content (AvgIpc) is 2.83. The van der Waals surface area contributed by atoms with Crippen LogP contribution in [0.15, 0.2) is 58.6 Å². The number of nitrogens with zero attached hydrogens (tertiary/aromatic N) is 4. The van der Waals surface area contributed by atoms with Crippen molar-refractivity contribution in [1.82, 2.24) is 10.3 Å². The molecule has 3 rings (SSSR count). The van der Waals surface area contributed by atoms with Crippen LogP contribution in [0.3, 0.4) is 0 Å². The van der Waals surface area contributed by atoms with Crippen LogP contribution in [-0.4, -0.2) is 54.6 Å². The van der Waals surface area contributed by atoms with E-state index in [1.807, 2.05) is 37.3 Å². The van der Waals surface area contributed by atoms with Gasteiger partial charge in [-0.3, -0.25) is 19.5 Å². The molecular weight excluding hydrogens is 382 g/mol. The number of aromatic nitrogens is 1. The molecule has 2 amide bonds. The van der Waals surface area contributed by atoms with E-state index in [2.05, 4.69) is 27.0 Å².